The van der Waals surface area contributed by atoms with Crippen LogP contribution in [-0.2, 0) is 17.8 Å². The van der Waals surface area contributed by atoms with Crippen molar-refractivity contribution in [2.45, 2.75) is 57.9 Å². The number of rotatable bonds is 2. The van der Waals surface area contributed by atoms with Crippen LogP contribution < -0.4 is 5.56 Å². The minimum atomic E-state index is -0.0202. The SMILES string of the molecule is O=C(CC12CC3CC(CC(C3)C1)C2)N1CCc2c([nH][nH]c2=O)C1. The molecule has 2 N–H and O–H groups in total. The number of hydrogen-bond acceptors (Lipinski definition) is 2. The van der Waals surface area contributed by atoms with Gasteiger partial charge in [0.1, 0.15) is 0 Å². The fourth-order valence-corrected chi connectivity index (χ4v) is 6.49. The van der Waals surface area contributed by atoms with Crippen LogP contribution in [0.3, 0.4) is 0 Å². The molecule has 1 aromatic heterocycles. The number of fused-ring (bicyclic) bond motifs is 1. The highest BCUT2D eigenvalue weighted by Gasteiger charge is 2.51. The van der Waals surface area contributed by atoms with E-state index in [4.69, 9.17) is 0 Å². The van der Waals surface area contributed by atoms with E-state index in [0.717, 1.165) is 35.4 Å². The molecule has 23 heavy (non-hydrogen) atoms. The van der Waals surface area contributed by atoms with Gasteiger partial charge < -0.3 is 10.00 Å². The first-order valence-electron chi connectivity index (χ1n) is 9.16. The summed E-state index contributed by atoms with van der Waals surface area (Å²) >= 11 is 0. The number of carbonyl (C=O) groups is 1. The molecule has 5 heteroatoms. The van der Waals surface area contributed by atoms with Crippen molar-refractivity contribution >= 4 is 5.91 Å². The van der Waals surface area contributed by atoms with Crippen LogP contribution in [0.1, 0.15) is 56.2 Å². The van der Waals surface area contributed by atoms with E-state index in [-0.39, 0.29) is 5.56 Å². The van der Waals surface area contributed by atoms with Gasteiger partial charge in [0.15, 0.2) is 0 Å². The van der Waals surface area contributed by atoms with Crippen LogP contribution in [0.4, 0.5) is 0 Å². The summed E-state index contributed by atoms with van der Waals surface area (Å²) in [7, 11) is 0. The van der Waals surface area contributed by atoms with E-state index >= 15 is 0 Å². The third kappa shape index (κ3) is 2.19. The zero-order chi connectivity index (χ0) is 15.6. The molecular formula is C18H25N3O2. The molecule has 0 unspecified atom stereocenters. The highest BCUT2D eigenvalue weighted by molar-refractivity contribution is 5.77. The van der Waals surface area contributed by atoms with Crippen molar-refractivity contribution in [3.05, 3.63) is 21.6 Å². The summed E-state index contributed by atoms with van der Waals surface area (Å²) in [6, 6.07) is 0. The lowest BCUT2D eigenvalue weighted by Crippen LogP contribution is -2.49. The smallest absolute Gasteiger partial charge is 0.267 e. The number of aromatic nitrogens is 2. The standard InChI is InChI=1S/C18H25N3O2/c22-16(21-2-1-14-15(10-21)19-20-17(14)23)9-18-6-11-3-12(7-18)5-13(4-11)8-18/h11-13H,1-10H2,(H2,19,20,23). The summed E-state index contributed by atoms with van der Waals surface area (Å²) in [5, 5.41) is 5.59. The van der Waals surface area contributed by atoms with Crippen molar-refractivity contribution < 1.29 is 4.79 Å². The predicted molar refractivity (Wildman–Crippen MR) is 85.8 cm³/mol. The molecule has 0 atom stereocenters. The largest absolute Gasteiger partial charge is 0.336 e. The molecule has 0 spiro atoms. The minimum Gasteiger partial charge on any atom is -0.336 e. The molecule has 0 radical (unpaired) electrons. The Morgan fingerprint density at radius 2 is 1.74 bits per heavy atom. The normalized spacial score (nSPS) is 37.9. The van der Waals surface area contributed by atoms with Gasteiger partial charge in [0.05, 0.1) is 12.2 Å². The maximum absolute atomic E-state index is 12.9. The fraction of sp³-hybridized carbons (Fsp3) is 0.778. The lowest BCUT2D eigenvalue weighted by molar-refractivity contribution is -0.140. The zero-order valence-corrected chi connectivity index (χ0v) is 13.6. The molecule has 4 fully saturated rings. The number of aromatic amines is 2. The third-order valence-electron chi connectivity index (χ3n) is 6.99. The molecule has 0 aromatic carbocycles. The van der Waals surface area contributed by atoms with Crippen molar-refractivity contribution in [1.82, 2.24) is 15.1 Å². The average Bonchev–Trinajstić information content (AvgIpc) is 2.86. The van der Waals surface area contributed by atoms with Crippen molar-refractivity contribution in [2.75, 3.05) is 6.54 Å². The van der Waals surface area contributed by atoms with Gasteiger partial charge >= 0.3 is 0 Å². The lowest BCUT2D eigenvalue weighted by atomic mass is 9.49. The van der Waals surface area contributed by atoms with Crippen LogP contribution in [0, 0.1) is 23.2 Å². The fourth-order valence-electron chi connectivity index (χ4n) is 6.49. The molecule has 0 saturated heterocycles. The Morgan fingerprint density at radius 3 is 2.39 bits per heavy atom. The summed E-state index contributed by atoms with van der Waals surface area (Å²) in [5.74, 6) is 2.98. The van der Waals surface area contributed by atoms with Gasteiger partial charge in [-0.3, -0.25) is 14.7 Å². The molecule has 2 heterocycles. The maximum Gasteiger partial charge on any atom is 0.267 e. The first-order chi connectivity index (χ1) is 11.1. The van der Waals surface area contributed by atoms with Crippen LogP contribution in [0.2, 0.25) is 0 Å². The van der Waals surface area contributed by atoms with E-state index in [1.54, 1.807) is 0 Å². The molecule has 124 valence electrons. The Hall–Kier alpha value is -1.52. The first-order valence-corrected chi connectivity index (χ1v) is 9.16. The second-order valence-electron chi connectivity index (χ2n) is 8.70. The van der Waals surface area contributed by atoms with Crippen molar-refractivity contribution in [1.29, 1.82) is 0 Å². The molecule has 1 aromatic rings. The second-order valence-corrected chi connectivity index (χ2v) is 8.70. The van der Waals surface area contributed by atoms with Gasteiger partial charge in [-0.1, -0.05) is 0 Å². The quantitative estimate of drug-likeness (QED) is 0.878. The van der Waals surface area contributed by atoms with Gasteiger partial charge in [-0.15, -0.1) is 0 Å². The summed E-state index contributed by atoms with van der Waals surface area (Å²) in [4.78, 5) is 26.5. The van der Waals surface area contributed by atoms with E-state index in [1.807, 2.05) is 4.90 Å². The Bertz CT molecular complexity index is 666. The van der Waals surface area contributed by atoms with Crippen LogP contribution in [0.15, 0.2) is 4.79 Å². The average molecular weight is 315 g/mol. The molecule has 6 rings (SSSR count). The molecule has 4 saturated carbocycles. The number of amides is 1. The van der Waals surface area contributed by atoms with Gasteiger partial charge in [0.25, 0.3) is 5.56 Å². The third-order valence-corrected chi connectivity index (χ3v) is 6.99. The molecule has 5 nitrogen and oxygen atoms in total. The van der Waals surface area contributed by atoms with Gasteiger partial charge in [-0.05, 0) is 68.1 Å². The van der Waals surface area contributed by atoms with Gasteiger partial charge in [-0.25, -0.2) is 0 Å². The Balaban J connectivity index is 1.32. The van der Waals surface area contributed by atoms with Crippen LogP contribution in [-0.4, -0.2) is 27.5 Å². The van der Waals surface area contributed by atoms with Crippen molar-refractivity contribution in [3.63, 3.8) is 0 Å². The van der Waals surface area contributed by atoms with Crippen molar-refractivity contribution in [2.24, 2.45) is 23.2 Å². The molecule has 1 aliphatic heterocycles. The monoisotopic (exact) mass is 315 g/mol. The van der Waals surface area contributed by atoms with Crippen LogP contribution >= 0.6 is 0 Å². The molecule has 4 aliphatic carbocycles. The highest BCUT2D eigenvalue weighted by Crippen LogP contribution is 2.61. The van der Waals surface area contributed by atoms with Gasteiger partial charge in [0, 0.05) is 18.5 Å². The predicted octanol–water partition coefficient (Wildman–Crippen LogP) is 2.19. The summed E-state index contributed by atoms with van der Waals surface area (Å²) in [6.07, 6.45) is 9.53. The van der Waals surface area contributed by atoms with E-state index in [0.29, 0.717) is 30.8 Å². The Labute approximate surface area is 135 Å². The zero-order valence-electron chi connectivity index (χ0n) is 13.6. The number of nitrogens with one attached hydrogen (secondary N) is 2. The molecule has 4 bridgehead atoms. The number of nitrogens with zero attached hydrogens (tertiary/aromatic N) is 1. The van der Waals surface area contributed by atoms with Gasteiger partial charge in [0.2, 0.25) is 5.91 Å². The lowest BCUT2D eigenvalue weighted by Gasteiger charge is -2.57. The summed E-state index contributed by atoms with van der Waals surface area (Å²) in [5.41, 5.74) is 2.02. The second kappa shape index (κ2) is 4.74. The van der Waals surface area contributed by atoms with E-state index in [2.05, 4.69) is 10.2 Å². The van der Waals surface area contributed by atoms with E-state index in [1.165, 1.54) is 38.5 Å². The number of H-pyrrole nitrogens is 2. The van der Waals surface area contributed by atoms with Gasteiger partial charge in [-0.2, -0.15) is 0 Å². The van der Waals surface area contributed by atoms with Crippen LogP contribution in [0.5, 0.6) is 0 Å². The first kappa shape index (κ1) is 13.9. The Kier molecular flexibility index (Phi) is 2.86. The van der Waals surface area contributed by atoms with E-state index < -0.39 is 0 Å². The number of carbonyl (C=O) groups excluding carboxylic acids is 1. The summed E-state index contributed by atoms with van der Waals surface area (Å²) in [6.45, 7) is 1.26. The van der Waals surface area contributed by atoms with Crippen molar-refractivity contribution in [3.8, 4) is 0 Å². The number of hydrogen-bond donors (Lipinski definition) is 2. The topological polar surface area (TPSA) is 69.0 Å². The van der Waals surface area contributed by atoms with E-state index in [9.17, 15) is 9.59 Å². The maximum atomic E-state index is 12.9. The minimum absolute atomic E-state index is 0.0202. The molecular weight excluding hydrogens is 290 g/mol. The van der Waals surface area contributed by atoms with Crippen LogP contribution in [0.25, 0.3) is 0 Å². The summed E-state index contributed by atoms with van der Waals surface area (Å²) < 4.78 is 0. The Morgan fingerprint density at radius 1 is 1.09 bits per heavy atom. The highest BCUT2D eigenvalue weighted by atomic mass is 16.2. The molecule has 5 aliphatic rings. The molecule has 1 amide bonds.